The summed E-state index contributed by atoms with van der Waals surface area (Å²) in [5.41, 5.74) is 6.42. The van der Waals surface area contributed by atoms with Crippen LogP contribution in [-0.2, 0) is 7.05 Å². The van der Waals surface area contributed by atoms with Crippen LogP contribution in [0.15, 0.2) is 35.7 Å². The second kappa shape index (κ2) is 6.88. The maximum atomic E-state index is 12.7. The fourth-order valence-electron chi connectivity index (χ4n) is 2.92. The van der Waals surface area contributed by atoms with Crippen molar-refractivity contribution in [2.45, 2.75) is 32.9 Å². The SMILES string of the molecule is Cc1ccc(-n2c(C)cc(C(=O)CSc3nncn3C)c2C)cc1C. The molecule has 3 rings (SSSR count). The van der Waals surface area contributed by atoms with Crippen LogP contribution in [0.3, 0.4) is 0 Å². The first-order chi connectivity index (χ1) is 11.9. The van der Waals surface area contributed by atoms with Crippen LogP contribution in [-0.4, -0.2) is 30.9 Å². The molecule has 2 aromatic heterocycles. The summed E-state index contributed by atoms with van der Waals surface area (Å²) in [6, 6.07) is 8.36. The van der Waals surface area contributed by atoms with E-state index in [4.69, 9.17) is 0 Å². The van der Waals surface area contributed by atoms with Crippen molar-refractivity contribution in [2.24, 2.45) is 7.05 Å². The minimum atomic E-state index is 0.108. The zero-order valence-electron chi connectivity index (χ0n) is 15.2. The highest BCUT2D eigenvalue weighted by Crippen LogP contribution is 2.24. The summed E-state index contributed by atoms with van der Waals surface area (Å²) in [5.74, 6) is 0.459. The Hall–Kier alpha value is -2.34. The molecule has 25 heavy (non-hydrogen) atoms. The molecule has 0 bridgehead atoms. The Morgan fingerprint density at radius 2 is 1.88 bits per heavy atom. The van der Waals surface area contributed by atoms with Crippen LogP contribution in [0.5, 0.6) is 0 Å². The molecule has 1 aromatic carbocycles. The van der Waals surface area contributed by atoms with Gasteiger partial charge in [-0.15, -0.1) is 10.2 Å². The molecular formula is C19H22N4OS. The van der Waals surface area contributed by atoms with E-state index < -0.39 is 0 Å². The Balaban J connectivity index is 1.87. The zero-order valence-corrected chi connectivity index (χ0v) is 16.0. The van der Waals surface area contributed by atoms with Crippen molar-refractivity contribution in [3.05, 3.63) is 58.7 Å². The number of rotatable bonds is 5. The summed E-state index contributed by atoms with van der Waals surface area (Å²) in [6.45, 7) is 8.25. The summed E-state index contributed by atoms with van der Waals surface area (Å²) >= 11 is 1.41. The van der Waals surface area contributed by atoms with Gasteiger partial charge in [-0.2, -0.15) is 0 Å². The maximum Gasteiger partial charge on any atom is 0.191 e. The van der Waals surface area contributed by atoms with Crippen LogP contribution in [0.4, 0.5) is 0 Å². The quantitative estimate of drug-likeness (QED) is 0.516. The normalized spacial score (nSPS) is 11.1. The van der Waals surface area contributed by atoms with Gasteiger partial charge in [-0.05, 0) is 57.0 Å². The van der Waals surface area contributed by atoms with Gasteiger partial charge in [0, 0.05) is 29.7 Å². The summed E-state index contributed by atoms with van der Waals surface area (Å²) in [4.78, 5) is 12.7. The van der Waals surface area contributed by atoms with Gasteiger partial charge in [0.25, 0.3) is 0 Å². The molecule has 5 nitrogen and oxygen atoms in total. The molecule has 0 unspecified atom stereocenters. The Labute approximate surface area is 152 Å². The van der Waals surface area contributed by atoms with Crippen LogP contribution in [0.2, 0.25) is 0 Å². The maximum absolute atomic E-state index is 12.7. The highest BCUT2D eigenvalue weighted by Gasteiger charge is 2.18. The van der Waals surface area contributed by atoms with Crippen LogP contribution in [0.1, 0.15) is 32.9 Å². The lowest BCUT2D eigenvalue weighted by molar-refractivity contribution is 0.102. The fraction of sp³-hybridized carbons (Fsp3) is 0.316. The summed E-state index contributed by atoms with van der Waals surface area (Å²) in [5, 5.41) is 8.60. The van der Waals surface area contributed by atoms with E-state index in [0.29, 0.717) is 5.75 Å². The third kappa shape index (κ3) is 3.39. The van der Waals surface area contributed by atoms with Crippen molar-refractivity contribution in [3.63, 3.8) is 0 Å². The zero-order chi connectivity index (χ0) is 18.1. The monoisotopic (exact) mass is 354 g/mol. The summed E-state index contributed by atoms with van der Waals surface area (Å²) in [7, 11) is 1.87. The van der Waals surface area contributed by atoms with E-state index in [1.807, 2.05) is 31.5 Å². The first-order valence-corrected chi connectivity index (χ1v) is 9.13. The molecular weight excluding hydrogens is 332 g/mol. The average molecular weight is 354 g/mol. The minimum absolute atomic E-state index is 0.108. The minimum Gasteiger partial charge on any atom is -0.318 e. The highest BCUT2D eigenvalue weighted by atomic mass is 32.2. The van der Waals surface area contributed by atoms with E-state index in [1.54, 1.807) is 6.33 Å². The van der Waals surface area contributed by atoms with Gasteiger partial charge in [0.05, 0.1) is 5.75 Å². The molecule has 0 aliphatic heterocycles. The number of carbonyl (C=O) groups is 1. The van der Waals surface area contributed by atoms with Gasteiger partial charge < -0.3 is 9.13 Å². The number of nitrogens with zero attached hydrogens (tertiary/aromatic N) is 4. The smallest absolute Gasteiger partial charge is 0.191 e. The summed E-state index contributed by atoms with van der Waals surface area (Å²) in [6.07, 6.45) is 1.64. The largest absolute Gasteiger partial charge is 0.318 e. The third-order valence-electron chi connectivity index (χ3n) is 4.48. The number of aryl methyl sites for hydroxylation is 4. The Kier molecular flexibility index (Phi) is 4.81. The average Bonchev–Trinajstić information content (AvgIpc) is 3.11. The number of benzene rings is 1. The molecule has 0 radical (unpaired) electrons. The second-order valence-corrected chi connectivity index (χ2v) is 7.27. The van der Waals surface area contributed by atoms with Crippen LogP contribution < -0.4 is 0 Å². The van der Waals surface area contributed by atoms with Crippen molar-refractivity contribution in [3.8, 4) is 5.69 Å². The molecule has 0 saturated carbocycles. The fourth-order valence-corrected chi connectivity index (χ4v) is 3.69. The van der Waals surface area contributed by atoms with Gasteiger partial charge in [-0.25, -0.2) is 0 Å². The van der Waals surface area contributed by atoms with Crippen molar-refractivity contribution in [2.75, 3.05) is 5.75 Å². The van der Waals surface area contributed by atoms with E-state index in [-0.39, 0.29) is 5.78 Å². The van der Waals surface area contributed by atoms with Gasteiger partial charge in [0.15, 0.2) is 10.9 Å². The molecule has 0 aliphatic carbocycles. The van der Waals surface area contributed by atoms with Crippen molar-refractivity contribution in [1.82, 2.24) is 19.3 Å². The number of hydrogen-bond acceptors (Lipinski definition) is 4. The molecule has 6 heteroatoms. The molecule has 0 fully saturated rings. The molecule has 0 aliphatic rings. The van der Waals surface area contributed by atoms with Crippen molar-refractivity contribution >= 4 is 17.5 Å². The first kappa shape index (κ1) is 17.5. The van der Waals surface area contributed by atoms with E-state index >= 15 is 0 Å². The van der Waals surface area contributed by atoms with Gasteiger partial charge in [-0.1, -0.05) is 17.8 Å². The molecule has 0 spiro atoms. The van der Waals surface area contributed by atoms with Gasteiger partial charge in [-0.3, -0.25) is 4.79 Å². The molecule has 0 saturated heterocycles. The van der Waals surface area contributed by atoms with Crippen molar-refractivity contribution < 1.29 is 4.79 Å². The van der Waals surface area contributed by atoms with E-state index in [2.05, 4.69) is 46.8 Å². The third-order valence-corrected chi connectivity index (χ3v) is 5.52. The standard InChI is InChI=1S/C19H22N4OS/c1-12-6-7-16(8-13(12)2)23-14(3)9-17(15(23)4)18(24)10-25-19-21-20-11-22(19)5/h6-9,11H,10H2,1-5H3. The lowest BCUT2D eigenvalue weighted by Gasteiger charge is -2.12. The lowest BCUT2D eigenvalue weighted by atomic mass is 10.1. The van der Waals surface area contributed by atoms with Crippen LogP contribution in [0.25, 0.3) is 5.69 Å². The topological polar surface area (TPSA) is 52.7 Å². The number of Topliss-reactive ketones (excluding diaryl/α,β-unsaturated/α-hetero) is 1. The molecule has 130 valence electrons. The van der Waals surface area contributed by atoms with Crippen molar-refractivity contribution in [1.29, 1.82) is 0 Å². The Morgan fingerprint density at radius 1 is 1.12 bits per heavy atom. The number of hydrogen-bond donors (Lipinski definition) is 0. The number of ketones is 1. The molecule has 0 N–H and O–H groups in total. The number of aromatic nitrogens is 4. The van der Waals surface area contributed by atoms with E-state index in [9.17, 15) is 4.79 Å². The van der Waals surface area contributed by atoms with E-state index in [1.165, 1.54) is 22.9 Å². The van der Waals surface area contributed by atoms with Gasteiger partial charge in [0.1, 0.15) is 6.33 Å². The Morgan fingerprint density at radius 3 is 2.52 bits per heavy atom. The second-order valence-electron chi connectivity index (χ2n) is 6.33. The molecule has 0 amide bonds. The van der Waals surface area contributed by atoms with Crippen LogP contribution in [0, 0.1) is 27.7 Å². The number of carbonyl (C=O) groups excluding carboxylic acids is 1. The highest BCUT2D eigenvalue weighted by molar-refractivity contribution is 7.99. The predicted molar refractivity (Wildman–Crippen MR) is 101 cm³/mol. The number of thioether (sulfide) groups is 1. The predicted octanol–water partition coefficient (Wildman–Crippen LogP) is 3.81. The Bertz CT molecular complexity index is 939. The van der Waals surface area contributed by atoms with Gasteiger partial charge >= 0.3 is 0 Å². The summed E-state index contributed by atoms with van der Waals surface area (Å²) < 4.78 is 3.96. The molecule has 2 heterocycles. The van der Waals surface area contributed by atoms with Crippen LogP contribution >= 0.6 is 11.8 Å². The van der Waals surface area contributed by atoms with E-state index in [0.717, 1.165) is 27.8 Å². The first-order valence-electron chi connectivity index (χ1n) is 8.15. The molecule has 3 aromatic rings. The molecule has 0 atom stereocenters. The lowest BCUT2D eigenvalue weighted by Crippen LogP contribution is -2.06. The van der Waals surface area contributed by atoms with Gasteiger partial charge in [0.2, 0.25) is 0 Å².